The van der Waals surface area contributed by atoms with Crippen molar-refractivity contribution in [1.82, 2.24) is 9.97 Å². The maximum atomic E-state index is 6.07. The molecule has 0 aliphatic rings. The highest BCUT2D eigenvalue weighted by Gasteiger charge is 2.09. The topological polar surface area (TPSA) is 25.8 Å². The summed E-state index contributed by atoms with van der Waals surface area (Å²) in [5.74, 6) is 0.850. The van der Waals surface area contributed by atoms with Crippen LogP contribution >= 0.6 is 11.6 Å². The molecule has 0 radical (unpaired) electrons. The molecule has 1 aromatic carbocycles. The van der Waals surface area contributed by atoms with Crippen LogP contribution in [0.4, 0.5) is 0 Å². The summed E-state index contributed by atoms with van der Waals surface area (Å²) in [6.07, 6.45) is 2.61. The van der Waals surface area contributed by atoms with Gasteiger partial charge in [0.2, 0.25) is 0 Å². The van der Waals surface area contributed by atoms with Gasteiger partial charge in [0.25, 0.3) is 0 Å². The third-order valence-corrected chi connectivity index (χ3v) is 3.34. The summed E-state index contributed by atoms with van der Waals surface area (Å²) in [6, 6.07) is 8.32. The van der Waals surface area contributed by atoms with Crippen molar-refractivity contribution in [2.75, 3.05) is 0 Å². The Labute approximate surface area is 113 Å². The maximum Gasteiger partial charge on any atom is 0.132 e. The van der Waals surface area contributed by atoms with Crippen molar-refractivity contribution in [2.24, 2.45) is 0 Å². The minimum Gasteiger partial charge on any atom is -0.241 e. The molecule has 94 valence electrons. The highest BCUT2D eigenvalue weighted by atomic mass is 35.5. The molecule has 1 heterocycles. The van der Waals surface area contributed by atoms with Gasteiger partial charge in [-0.2, -0.15) is 0 Å². The molecule has 0 N–H and O–H groups in total. The summed E-state index contributed by atoms with van der Waals surface area (Å²) in [7, 11) is 0. The van der Waals surface area contributed by atoms with Crippen LogP contribution in [0.2, 0.25) is 0 Å². The second-order valence-electron chi connectivity index (χ2n) is 4.55. The maximum absolute atomic E-state index is 6.07. The second kappa shape index (κ2) is 5.49. The Morgan fingerprint density at radius 2 is 1.94 bits per heavy atom. The van der Waals surface area contributed by atoms with Crippen LogP contribution in [0.25, 0.3) is 0 Å². The van der Waals surface area contributed by atoms with E-state index in [-0.39, 0.29) is 5.38 Å². The third kappa shape index (κ3) is 2.88. The van der Waals surface area contributed by atoms with E-state index in [4.69, 9.17) is 11.6 Å². The number of benzene rings is 1. The van der Waals surface area contributed by atoms with Gasteiger partial charge in [0.1, 0.15) is 5.82 Å². The van der Waals surface area contributed by atoms with E-state index in [0.717, 1.165) is 23.5 Å². The van der Waals surface area contributed by atoms with Gasteiger partial charge in [0.05, 0.1) is 5.38 Å². The van der Waals surface area contributed by atoms with E-state index in [1.165, 1.54) is 11.1 Å². The number of nitrogens with zero attached hydrogens (tertiary/aromatic N) is 2. The van der Waals surface area contributed by atoms with E-state index in [2.05, 4.69) is 29.0 Å². The zero-order valence-electron chi connectivity index (χ0n) is 10.9. The predicted molar refractivity (Wildman–Crippen MR) is 75.0 cm³/mol. The van der Waals surface area contributed by atoms with Crippen LogP contribution in [0, 0.1) is 13.8 Å². The molecular weight excluding hydrogens is 244 g/mol. The molecule has 3 heteroatoms. The Balaban J connectivity index is 2.26. The van der Waals surface area contributed by atoms with Crippen LogP contribution in [0.15, 0.2) is 30.5 Å². The van der Waals surface area contributed by atoms with Crippen molar-refractivity contribution < 1.29 is 0 Å². The number of rotatable bonds is 3. The smallest absolute Gasteiger partial charge is 0.132 e. The van der Waals surface area contributed by atoms with E-state index >= 15 is 0 Å². The van der Waals surface area contributed by atoms with Crippen molar-refractivity contribution in [3.8, 4) is 0 Å². The zero-order chi connectivity index (χ0) is 13.1. The normalized spacial score (nSPS) is 12.4. The van der Waals surface area contributed by atoms with E-state index in [1.807, 2.05) is 32.2 Å². The zero-order valence-corrected chi connectivity index (χ0v) is 11.7. The molecule has 1 unspecified atom stereocenters. The molecule has 0 bridgehead atoms. The lowest BCUT2D eigenvalue weighted by Gasteiger charge is -2.09. The highest BCUT2D eigenvalue weighted by Crippen LogP contribution is 2.21. The van der Waals surface area contributed by atoms with Gasteiger partial charge in [-0.1, -0.05) is 24.3 Å². The van der Waals surface area contributed by atoms with Crippen molar-refractivity contribution in [3.05, 3.63) is 58.7 Å². The summed E-state index contributed by atoms with van der Waals surface area (Å²) in [5.41, 5.74) is 4.51. The lowest BCUT2D eigenvalue weighted by molar-refractivity contribution is 0.892. The van der Waals surface area contributed by atoms with Crippen molar-refractivity contribution in [1.29, 1.82) is 0 Å². The Hall–Kier alpha value is -1.41. The lowest BCUT2D eigenvalue weighted by atomic mass is 10.1. The number of aromatic nitrogens is 2. The first-order valence-corrected chi connectivity index (χ1v) is 6.52. The van der Waals surface area contributed by atoms with Crippen LogP contribution in [-0.2, 0) is 6.42 Å². The van der Waals surface area contributed by atoms with Crippen LogP contribution in [0.5, 0.6) is 0 Å². The lowest BCUT2D eigenvalue weighted by Crippen LogP contribution is -2.03. The number of hydrogen-bond donors (Lipinski definition) is 0. The fraction of sp³-hybridized carbons (Fsp3) is 0.333. The van der Waals surface area contributed by atoms with Gasteiger partial charge in [0, 0.05) is 23.9 Å². The molecule has 0 aliphatic carbocycles. The quantitative estimate of drug-likeness (QED) is 0.780. The molecular formula is C15H17ClN2. The van der Waals surface area contributed by atoms with Crippen molar-refractivity contribution in [3.63, 3.8) is 0 Å². The van der Waals surface area contributed by atoms with Crippen molar-refractivity contribution >= 4 is 11.6 Å². The van der Waals surface area contributed by atoms with E-state index < -0.39 is 0 Å². The summed E-state index contributed by atoms with van der Waals surface area (Å²) in [6.45, 7) is 6.03. The van der Waals surface area contributed by atoms with Gasteiger partial charge in [-0.15, -0.1) is 11.6 Å². The molecule has 0 saturated heterocycles. The minimum absolute atomic E-state index is 0.0440. The summed E-state index contributed by atoms with van der Waals surface area (Å²) in [5, 5.41) is -0.0440. The second-order valence-corrected chi connectivity index (χ2v) is 5.20. The number of hydrogen-bond acceptors (Lipinski definition) is 2. The number of alkyl halides is 1. The fourth-order valence-electron chi connectivity index (χ4n) is 1.98. The monoisotopic (exact) mass is 260 g/mol. The summed E-state index contributed by atoms with van der Waals surface area (Å²) >= 11 is 6.07. The molecule has 0 amide bonds. The molecule has 0 saturated carbocycles. The molecule has 1 atom stereocenters. The number of halogens is 1. The van der Waals surface area contributed by atoms with Gasteiger partial charge in [-0.05, 0) is 31.9 Å². The van der Waals surface area contributed by atoms with E-state index in [0.29, 0.717) is 0 Å². The van der Waals surface area contributed by atoms with Crippen LogP contribution < -0.4 is 0 Å². The van der Waals surface area contributed by atoms with Gasteiger partial charge < -0.3 is 0 Å². The Bertz CT molecular complexity index is 550. The molecule has 18 heavy (non-hydrogen) atoms. The SMILES string of the molecule is Cc1ccccc1Cc1ncc(C(C)Cl)c(C)n1. The van der Waals surface area contributed by atoms with E-state index in [9.17, 15) is 0 Å². The first-order valence-electron chi connectivity index (χ1n) is 6.09. The Morgan fingerprint density at radius 3 is 2.56 bits per heavy atom. The number of aryl methyl sites for hydroxylation is 2. The fourth-order valence-corrected chi connectivity index (χ4v) is 2.19. The van der Waals surface area contributed by atoms with Gasteiger partial charge in [-0.3, -0.25) is 0 Å². The molecule has 2 rings (SSSR count). The standard InChI is InChI=1S/C15H17ClN2/c1-10-6-4-5-7-13(10)8-15-17-9-14(11(2)16)12(3)18-15/h4-7,9,11H,8H2,1-3H3. The molecule has 1 aromatic heterocycles. The average Bonchev–Trinajstić information content (AvgIpc) is 2.32. The largest absolute Gasteiger partial charge is 0.241 e. The van der Waals surface area contributed by atoms with Crippen LogP contribution in [0.1, 0.15) is 40.5 Å². The summed E-state index contributed by atoms with van der Waals surface area (Å²) < 4.78 is 0. The highest BCUT2D eigenvalue weighted by molar-refractivity contribution is 6.20. The summed E-state index contributed by atoms with van der Waals surface area (Å²) in [4.78, 5) is 8.94. The van der Waals surface area contributed by atoms with Crippen LogP contribution in [-0.4, -0.2) is 9.97 Å². The van der Waals surface area contributed by atoms with Gasteiger partial charge >= 0.3 is 0 Å². The third-order valence-electron chi connectivity index (χ3n) is 3.11. The Morgan fingerprint density at radius 1 is 1.22 bits per heavy atom. The van der Waals surface area contributed by atoms with Crippen LogP contribution in [0.3, 0.4) is 0 Å². The molecule has 2 nitrogen and oxygen atoms in total. The van der Waals surface area contributed by atoms with Gasteiger partial charge in [0.15, 0.2) is 0 Å². The van der Waals surface area contributed by atoms with Crippen molar-refractivity contribution in [2.45, 2.75) is 32.6 Å². The minimum atomic E-state index is -0.0440. The Kier molecular flexibility index (Phi) is 3.97. The van der Waals surface area contributed by atoms with E-state index in [1.54, 1.807) is 0 Å². The molecule has 0 fully saturated rings. The molecule has 0 aliphatic heterocycles. The average molecular weight is 261 g/mol. The van der Waals surface area contributed by atoms with Gasteiger partial charge in [-0.25, -0.2) is 9.97 Å². The first-order chi connectivity index (χ1) is 8.58. The molecule has 0 spiro atoms. The first kappa shape index (κ1) is 13.0. The predicted octanol–water partition coefficient (Wildman–Crippen LogP) is 3.98. The molecule has 2 aromatic rings.